The summed E-state index contributed by atoms with van der Waals surface area (Å²) in [5, 5.41) is 3.20. The molecule has 0 spiro atoms. The van der Waals surface area contributed by atoms with Crippen LogP contribution in [-0.2, 0) is 6.42 Å². The van der Waals surface area contributed by atoms with Gasteiger partial charge in [0, 0.05) is 30.9 Å². The molecule has 3 rings (SSSR count). The molecule has 5 heteroatoms. The van der Waals surface area contributed by atoms with Gasteiger partial charge in [-0.25, -0.2) is 4.98 Å². The van der Waals surface area contributed by atoms with E-state index < -0.39 is 0 Å². The summed E-state index contributed by atoms with van der Waals surface area (Å²) in [5.74, 6) is 1.93. The molecule has 0 aliphatic heterocycles. The molecule has 98 valence electrons. The standard InChI is InChI=1S/C14H16N4O/c19-13-8-12(17-14(18-13)11-3-4-11)16-7-5-10-2-1-6-15-9-10/h1-2,6,8-9,11H,3-5,7H2,(H2,16,17,18,19). The lowest BCUT2D eigenvalue weighted by Crippen LogP contribution is -2.14. The van der Waals surface area contributed by atoms with Gasteiger partial charge in [-0.15, -0.1) is 0 Å². The average molecular weight is 256 g/mol. The number of hydrogen-bond acceptors (Lipinski definition) is 4. The summed E-state index contributed by atoms with van der Waals surface area (Å²) in [6.45, 7) is 0.742. The molecular formula is C14H16N4O. The number of aromatic amines is 1. The first-order chi connectivity index (χ1) is 9.31. The summed E-state index contributed by atoms with van der Waals surface area (Å²) in [6.07, 6.45) is 6.73. The minimum absolute atomic E-state index is 0.0826. The van der Waals surface area contributed by atoms with Gasteiger partial charge >= 0.3 is 0 Å². The monoisotopic (exact) mass is 256 g/mol. The topological polar surface area (TPSA) is 70.7 Å². The van der Waals surface area contributed by atoms with Gasteiger partial charge in [0.25, 0.3) is 5.56 Å². The Morgan fingerprint density at radius 3 is 3.05 bits per heavy atom. The molecule has 0 unspecified atom stereocenters. The summed E-state index contributed by atoms with van der Waals surface area (Å²) in [4.78, 5) is 22.8. The molecule has 19 heavy (non-hydrogen) atoms. The van der Waals surface area contributed by atoms with Gasteiger partial charge < -0.3 is 10.3 Å². The van der Waals surface area contributed by atoms with Crippen molar-refractivity contribution < 1.29 is 0 Å². The van der Waals surface area contributed by atoms with Crippen LogP contribution >= 0.6 is 0 Å². The number of nitrogens with zero attached hydrogens (tertiary/aromatic N) is 2. The highest BCUT2D eigenvalue weighted by atomic mass is 16.1. The van der Waals surface area contributed by atoms with Gasteiger partial charge in [-0.1, -0.05) is 6.07 Å². The molecule has 2 N–H and O–H groups in total. The van der Waals surface area contributed by atoms with Gasteiger partial charge in [0.2, 0.25) is 0 Å². The Kier molecular flexibility index (Phi) is 3.27. The van der Waals surface area contributed by atoms with E-state index in [4.69, 9.17) is 0 Å². The molecule has 0 atom stereocenters. The van der Waals surface area contributed by atoms with E-state index in [1.54, 1.807) is 6.20 Å². The second-order valence-corrected chi connectivity index (χ2v) is 4.83. The van der Waals surface area contributed by atoms with E-state index in [0.717, 1.165) is 31.6 Å². The summed E-state index contributed by atoms with van der Waals surface area (Å²) in [5.41, 5.74) is 1.09. The highest BCUT2D eigenvalue weighted by Gasteiger charge is 2.26. The Labute approximate surface area is 111 Å². The normalized spacial score (nSPS) is 14.3. The summed E-state index contributed by atoms with van der Waals surface area (Å²) in [6, 6.07) is 5.47. The minimum atomic E-state index is -0.0826. The van der Waals surface area contributed by atoms with E-state index in [-0.39, 0.29) is 5.56 Å². The molecule has 0 amide bonds. The first kappa shape index (κ1) is 11.9. The third-order valence-electron chi connectivity index (χ3n) is 3.17. The zero-order valence-corrected chi connectivity index (χ0v) is 10.6. The van der Waals surface area contributed by atoms with Crippen LogP contribution in [0.3, 0.4) is 0 Å². The van der Waals surface area contributed by atoms with Gasteiger partial charge in [-0.3, -0.25) is 9.78 Å². The van der Waals surface area contributed by atoms with Crippen molar-refractivity contribution in [3.05, 3.63) is 52.3 Å². The molecule has 2 heterocycles. The summed E-state index contributed by atoms with van der Waals surface area (Å²) < 4.78 is 0. The van der Waals surface area contributed by atoms with Gasteiger partial charge in [0.05, 0.1) is 0 Å². The van der Waals surface area contributed by atoms with E-state index in [0.29, 0.717) is 11.7 Å². The van der Waals surface area contributed by atoms with Crippen molar-refractivity contribution in [3.8, 4) is 0 Å². The van der Waals surface area contributed by atoms with Crippen LogP contribution in [-0.4, -0.2) is 21.5 Å². The Bertz CT molecular complexity index is 604. The summed E-state index contributed by atoms with van der Waals surface area (Å²) in [7, 11) is 0. The Balaban J connectivity index is 1.62. The van der Waals surface area contributed by atoms with Crippen LogP contribution in [0.15, 0.2) is 35.4 Å². The van der Waals surface area contributed by atoms with Crippen molar-refractivity contribution in [1.29, 1.82) is 0 Å². The fraction of sp³-hybridized carbons (Fsp3) is 0.357. The molecule has 1 aliphatic rings. The smallest absolute Gasteiger partial charge is 0.252 e. The van der Waals surface area contributed by atoms with E-state index in [1.807, 2.05) is 18.3 Å². The first-order valence-electron chi connectivity index (χ1n) is 6.55. The molecule has 0 aromatic carbocycles. The number of anilines is 1. The quantitative estimate of drug-likeness (QED) is 0.854. The second kappa shape index (κ2) is 5.22. The van der Waals surface area contributed by atoms with Crippen molar-refractivity contribution in [1.82, 2.24) is 15.0 Å². The molecule has 0 radical (unpaired) electrons. The lowest BCUT2D eigenvalue weighted by Gasteiger charge is -2.06. The van der Waals surface area contributed by atoms with Crippen LogP contribution in [0.5, 0.6) is 0 Å². The lowest BCUT2D eigenvalue weighted by molar-refractivity contribution is 0.898. The van der Waals surface area contributed by atoms with Crippen LogP contribution in [0.4, 0.5) is 5.82 Å². The second-order valence-electron chi connectivity index (χ2n) is 4.83. The van der Waals surface area contributed by atoms with E-state index in [1.165, 1.54) is 11.6 Å². The van der Waals surface area contributed by atoms with Gasteiger partial charge in [0.1, 0.15) is 11.6 Å². The van der Waals surface area contributed by atoms with Crippen molar-refractivity contribution in [3.63, 3.8) is 0 Å². The number of pyridine rings is 1. The van der Waals surface area contributed by atoms with Crippen molar-refractivity contribution in [2.24, 2.45) is 0 Å². The maximum atomic E-state index is 11.5. The molecule has 1 fully saturated rings. The zero-order valence-electron chi connectivity index (χ0n) is 10.6. The van der Waals surface area contributed by atoms with Crippen LogP contribution in [0, 0.1) is 0 Å². The Morgan fingerprint density at radius 1 is 1.42 bits per heavy atom. The number of aromatic nitrogens is 3. The Hall–Kier alpha value is -2.17. The van der Waals surface area contributed by atoms with Crippen LogP contribution in [0.2, 0.25) is 0 Å². The third kappa shape index (κ3) is 3.19. The number of rotatable bonds is 5. The highest BCUT2D eigenvalue weighted by molar-refractivity contribution is 5.34. The van der Waals surface area contributed by atoms with Crippen molar-refractivity contribution >= 4 is 5.82 Å². The van der Waals surface area contributed by atoms with Gasteiger partial charge in [-0.05, 0) is 30.9 Å². The fourth-order valence-corrected chi connectivity index (χ4v) is 2.00. The molecular weight excluding hydrogens is 240 g/mol. The SMILES string of the molecule is O=c1cc(NCCc2cccnc2)nc(C2CC2)[nH]1. The minimum Gasteiger partial charge on any atom is -0.370 e. The Morgan fingerprint density at radius 2 is 2.32 bits per heavy atom. The zero-order chi connectivity index (χ0) is 13.1. The molecule has 5 nitrogen and oxygen atoms in total. The van der Waals surface area contributed by atoms with Gasteiger partial charge in [0.15, 0.2) is 0 Å². The first-order valence-corrected chi connectivity index (χ1v) is 6.55. The largest absolute Gasteiger partial charge is 0.370 e. The molecule has 0 bridgehead atoms. The summed E-state index contributed by atoms with van der Waals surface area (Å²) >= 11 is 0. The number of nitrogens with one attached hydrogen (secondary N) is 2. The number of hydrogen-bond donors (Lipinski definition) is 2. The maximum absolute atomic E-state index is 11.5. The molecule has 0 saturated heterocycles. The predicted molar refractivity (Wildman–Crippen MR) is 73.3 cm³/mol. The molecule has 2 aromatic rings. The molecule has 1 aliphatic carbocycles. The van der Waals surface area contributed by atoms with E-state index in [2.05, 4.69) is 20.3 Å². The van der Waals surface area contributed by atoms with Crippen LogP contribution in [0.25, 0.3) is 0 Å². The fourth-order valence-electron chi connectivity index (χ4n) is 2.00. The molecule has 1 saturated carbocycles. The van der Waals surface area contributed by atoms with Crippen molar-refractivity contribution in [2.45, 2.75) is 25.2 Å². The van der Waals surface area contributed by atoms with Crippen LogP contribution < -0.4 is 10.9 Å². The third-order valence-corrected chi connectivity index (χ3v) is 3.17. The lowest BCUT2D eigenvalue weighted by atomic mass is 10.2. The highest BCUT2D eigenvalue weighted by Crippen LogP contribution is 2.37. The van der Waals surface area contributed by atoms with Crippen molar-refractivity contribution in [2.75, 3.05) is 11.9 Å². The molecule has 2 aromatic heterocycles. The number of H-pyrrole nitrogens is 1. The van der Waals surface area contributed by atoms with E-state index >= 15 is 0 Å². The van der Waals surface area contributed by atoms with Crippen LogP contribution in [0.1, 0.15) is 30.1 Å². The van der Waals surface area contributed by atoms with E-state index in [9.17, 15) is 4.79 Å². The average Bonchev–Trinajstić information content (AvgIpc) is 3.24. The maximum Gasteiger partial charge on any atom is 0.252 e. The van der Waals surface area contributed by atoms with Gasteiger partial charge in [-0.2, -0.15) is 0 Å². The predicted octanol–water partition coefficient (Wildman–Crippen LogP) is 1.70.